The number of ether oxygens (including phenoxy) is 1. The van der Waals surface area contributed by atoms with Gasteiger partial charge in [-0.15, -0.1) is 0 Å². The maximum absolute atomic E-state index is 13.9. The molecule has 0 bridgehead atoms. The molecular formula is C29H35NO3Si. The first-order valence-corrected chi connectivity index (χ1v) is 14.7. The molecule has 3 aromatic carbocycles. The van der Waals surface area contributed by atoms with Crippen LogP contribution in [-0.4, -0.2) is 21.3 Å². The lowest BCUT2D eigenvalue weighted by Crippen LogP contribution is -2.44. The van der Waals surface area contributed by atoms with Crippen molar-refractivity contribution in [2.75, 3.05) is 12.0 Å². The van der Waals surface area contributed by atoms with Crippen molar-refractivity contribution in [3.63, 3.8) is 0 Å². The Hall–Kier alpha value is -3.05. The summed E-state index contributed by atoms with van der Waals surface area (Å²) in [6.45, 7) is 15.5. The van der Waals surface area contributed by atoms with Crippen LogP contribution in [-0.2, 0) is 4.79 Å². The van der Waals surface area contributed by atoms with Crippen LogP contribution in [0.3, 0.4) is 0 Å². The second kappa shape index (κ2) is 8.62. The summed E-state index contributed by atoms with van der Waals surface area (Å²) in [7, 11) is -0.340. The van der Waals surface area contributed by atoms with Crippen molar-refractivity contribution in [2.45, 2.75) is 58.7 Å². The van der Waals surface area contributed by atoms with E-state index in [-0.39, 0.29) is 16.9 Å². The second-order valence-electron chi connectivity index (χ2n) is 10.7. The molecule has 0 saturated carbocycles. The summed E-state index contributed by atoms with van der Waals surface area (Å²) in [5.41, 5.74) is 5.90. The van der Waals surface area contributed by atoms with Crippen LogP contribution in [0.4, 0.5) is 11.4 Å². The van der Waals surface area contributed by atoms with Gasteiger partial charge in [0, 0.05) is 6.07 Å². The van der Waals surface area contributed by atoms with Crippen LogP contribution in [0.15, 0.2) is 60.7 Å². The van der Waals surface area contributed by atoms with Crippen molar-refractivity contribution in [1.82, 2.24) is 0 Å². The highest BCUT2D eigenvalue weighted by Crippen LogP contribution is 2.47. The Kier molecular flexibility index (Phi) is 6.11. The lowest BCUT2D eigenvalue weighted by atomic mass is 9.90. The van der Waals surface area contributed by atoms with E-state index in [2.05, 4.69) is 65.9 Å². The maximum Gasteiger partial charge on any atom is 0.250 e. The number of amides is 1. The molecule has 0 saturated heterocycles. The van der Waals surface area contributed by atoms with Gasteiger partial charge in [0.2, 0.25) is 5.91 Å². The zero-order valence-electron chi connectivity index (χ0n) is 21.5. The number of aryl methyl sites for hydroxylation is 2. The van der Waals surface area contributed by atoms with Gasteiger partial charge in [0.25, 0.3) is 8.32 Å². The summed E-state index contributed by atoms with van der Waals surface area (Å²) >= 11 is 0. The van der Waals surface area contributed by atoms with Gasteiger partial charge >= 0.3 is 0 Å². The van der Waals surface area contributed by atoms with Gasteiger partial charge in [0.05, 0.1) is 24.4 Å². The van der Waals surface area contributed by atoms with Gasteiger partial charge in [0.15, 0.2) is 0 Å². The van der Waals surface area contributed by atoms with E-state index >= 15 is 0 Å². The summed E-state index contributed by atoms with van der Waals surface area (Å²) in [6, 6.07) is 20.0. The van der Waals surface area contributed by atoms with Gasteiger partial charge in [-0.2, -0.15) is 0 Å². The predicted octanol–water partition coefficient (Wildman–Crippen LogP) is 7.51. The Morgan fingerprint density at radius 1 is 0.912 bits per heavy atom. The van der Waals surface area contributed by atoms with E-state index in [9.17, 15) is 4.79 Å². The number of fused-ring (bicyclic) bond motifs is 1. The smallest absolute Gasteiger partial charge is 0.250 e. The van der Waals surface area contributed by atoms with Gasteiger partial charge in [-0.25, -0.2) is 0 Å². The molecule has 4 nitrogen and oxygen atoms in total. The highest BCUT2D eigenvalue weighted by molar-refractivity contribution is 6.74. The summed E-state index contributed by atoms with van der Waals surface area (Å²) in [5, 5.41) is 0.113. The van der Waals surface area contributed by atoms with Crippen molar-refractivity contribution >= 4 is 25.6 Å². The summed E-state index contributed by atoms with van der Waals surface area (Å²) in [4.78, 5) is 15.7. The Morgan fingerprint density at radius 2 is 1.56 bits per heavy atom. The number of benzene rings is 3. The van der Waals surface area contributed by atoms with Gasteiger partial charge in [-0.1, -0.05) is 57.2 Å². The normalized spacial score (nSPS) is 15.9. The van der Waals surface area contributed by atoms with Crippen LogP contribution in [0.25, 0.3) is 0 Å². The lowest BCUT2D eigenvalue weighted by molar-refractivity contribution is -0.117. The number of methoxy groups -OCH3 is 1. The monoisotopic (exact) mass is 473 g/mol. The van der Waals surface area contributed by atoms with E-state index in [1.54, 1.807) is 7.11 Å². The van der Waals surface area contributed by atoms with Crippen molar-refractivity contribution in [2.24, 2.45) is 0 Å². The number of nitrogens with zero attached hydrogens (tertiary/aromatic N) is 1. The Bertz CT molecular complexity index is 1220. The largest absolute Gasteiger partial charge is 0.543 e. The van der Waals surface area contributed by atoms with E-state index < -0.39 is 8.32 Å². The molecule has 1 aliphatic rings. The standard InChI is InChI=1S/C29H35NO3Si/c1-19-16-21(17-20(2)27(19)33-34(7,8)29(3,4)5)26-24-14-9-10-15-25(24)30(28(26)31)22-12-11-13-23(18-22)32-6/h9-18,26H,1-8H3. The fourth-order valence-corrected chi connectivity index (χ4v) is 5.51. The topological polar surface area (TPSA) is 38.8 Å². The Morgan fingerprint density at radius 3 is 2.18 bits per heavy atom. The van der Waals surface area contributed by atoms with E-state index in [4.69, 9.17) is 9.16 Å². The quantitative estimate of drug-likeness (QED) is 0.360. The van der Waals surface area contributed by atoms with E-state index in [1.165, 1.54) is 0 Å². The van der Waals surface area contributed by atoms with E-state index in [0.717, 1.165) is 45.1 Å². The molecule has 34 heavy (non-hydrogen) atoms. The van der Waals surface area contributed by atoms with Crippen molar-refractivity contribution in [1.29, 1.82) is 0 Å². The van der Waals surface area contributed by atoms with Gasteiger partial charge in [0.1, 0.15) is 11.5 Å². The average molecular weight is 474 g/mol. The van der Waals surface area contributed by atoms with Crippen molar-refractivity contribution < 1.29 is 14.0 Å². The summed E-state index contributed by atoms with van der Waals surface area (Å²) in [6.07, 6.45) is 0. The van der Waals surface area contributed by atoms with E-state index in [0.29, 0.717) is 0 Å². The molecule has 0 aromatic heterocycles. The maximum atomic E-state index is 13.9. The molecule has 1 unspecified atom stereocenters. The third-order valence-corrected chi connectivity index (χ3v) is 11.6. The molecule has 1 aliphatic heterocycles. The minimum Gasteiger partial charge on any atom is -0.543 e. The molecule has 0 fully saturated rings. The Balaban J connectivity index is 1.77. The highest BCUT2D eigenvalue weighted by atomic mass is 28.4. The fraction of sp³-hybridized carbons (Fsp3) is 0.345. The Labute approximate surface area is 204 Å². The zero-order chi connectivity index (χ0) is 24.8. The molecule has 0 spiro atoms. The number of rotatable bonds is 5. The number of carbonyl (C=O) groups is 1. The van der Waals surface area contributed by atoms with Crippen LogP contribution >= 0.6 is 0 Å². The molecule has 1 atom stereocenters. The van der Waals surface area contributed by atoms with Crippen molar-refractivity contribution in [3.8, 4) is 11.5 Å². The second-order valence-corrected chi connectivity index (χ2v) is 15.4. The molecule has 4 rings (SSSR count). The van der Waals surface area contributed by atoms with E-state index in [1.807, 2.05) is 47.4 Å². The molecule has 0 aliphatic carbocycles. The predicted molar refractivity (Wildman–Crippen MR) is 142 cm³/mol. The third-order valence-electron chi connectivity index (χ3n) is 7.25. The van der Waals surface area contributed by atoms with Crippen LogP contribution in [0.2, 0.25) is 18.1 Å². The molecule has 0 N–H and O–H groups in total. The lowest BCUT2D eigenvalue weighted by Gasteiger charge is -2.37. The molecule has 5 heteroatoms. The van der Waals surface area contributed by atoms with Crippen LogP contribution in [0.1, 0.15) is 48.9 Å². The molecule has 3 aromatic rings. The number of hydrogen-bond acceptors (Lipinski definition) is 3. The molecular weight excluding hydrogens is 438 g/mol. The van der Waals surface area contributed by atoms with Crippen LogP contribution < -0.4 is 14.1 Å². The minimum atomic E-state index is -1.98. The van der Waals surface area contributed by atoms with Gasteiger partial charge in [-0.05, 0) is 72.4 Å². The number of para-hydroxylation sites is 1. The molecule has 0 radical (unpaired) electrons. The number of hydrogen-bond donors (Lipinski definition) is 0. The number of carbonyl (C=O) groups excluding carboxylic acids is 1. The molecule has 1 amide bonds. The van der Waals surface area contributed by atoms with Crippen molar-refractivity contribution in [3.05, 3.63) is 82.9 Å². The summed E-state index contributed by atoms with van der Waals surface area (Å²) < 4.78 is 12.1. The SMILES string of the molecule is COc1cccc(N2C(=O)C(c3cc(C)c(O[Si](C)(C)C(C)(C)C)c(C)c3)c3ccccc32)c1. The third kappa shape index (κ3) is 4.13. The van der Waals surface area contributed by atoms with Crippen LogP contribution in [0.5, 0.6) is 11.5 Å². The summed E-state index contributed by atoms with van der Waals surface area (Å²) in [5.74, 6) is 1.37. The first-order valence-electron chi connectivity index (χ1n) is 11.8. The van der Waals surface area contributed by atoms with Crippen LogP contribution in [0, 0.1) is 13.8 Å². The molecule has 178 valence electrons. The zero-order valence-corrected chi connectivity index (χ0v) is 22.5. The van der Waals surface area contributed by atoms with Gasteiger partial charge in [-0.3, -0.25) is 9.69 Å². The average Bonchev–Trinajstić information content (AvgIpc) is 3.07. The first-order chi connectivity index (χ1) is 15.9. The molecule has 1 heterocycles. The van der Waals surface area contributed by atoms with Gasteiger partial charge < -0.3 is 9.16 Å². The minimum absolute atomic E-state index is 0.0475. The number of anilines is 2. The fourth-order valence-electron chi connectivity index (χ4n) is 4.37. The highest BCUT2D eigenvalue weighted by Gasteiger charge is 2.41. The first kappa shape index (κ1) is 24.1.